The smallest absolute Gasteiger partial charge is 0.407 e. The summed E-state index contributed by atoms with van der Waals surface area (Å²) in [5.41, 5.74) is -4.25. The molecule has 240 valence electrons. The van der Waals surface area contributed by atoms with Gasteiger partial charge in [-0.05, 0) is 31.0 Å². The van der Waals surface area contributed by atoms with Crippen molar-refractivity contribution in [3.8, 4) is 22.8 Å². The Balaban J connectivity index is 1.98. The van der Waals surface area contributed by atoms with E-state index in [-0.39, 0.29) is 28.6 Å². The molecule has 1 aliphatic heterocycles. The van der Waals surface area contributed by atoms with Crippen LogP contribution in [0.1, 0.15) is 32.4 Å². The van der Waals surface area contributed by atoms with Gasteiger partial charge in [0.1, 0.15) is 29.0 Å². The number of fused-ring (bicyclic) bond motifs is 1. The standard InChI is InChI=1S/C29H27F2N7O8/c1-13(2)21-26(33-9-8-32-21)37-25-15(10-17(31)22(34-25)20-16(30)6-5-7-19(20)46-4)23(24(27(37)39)38(44)45)36-11-14(3)35(29(42)43)12-18(36)28(40)41/h5-10,13-14,18H,11-12H2,1-4H3,(H,40,41)(H,42,43)/t14-,18-/m1/s1. The van der Waals surface area contributed by atoms with Crippen LogP contribution < -0.4 is 15.2 Å². The molecule has 1 saturated heterocycles. The highest BCUT2D eigenvalue weighted by Crippen LogP contribution is 2.41. The SMILES string of the molecule is COc1cccc(F)c1-c1nc2c(cc1F)c(N1C[C@@H](C)N(C(=O)O)C[C@@H]1C(=O)O)c([N+](=O)[O-])c(=O)n2-c1nccnc1C(C)C. The van der Waals surface area contributed by atoms with Crippen molar-refractivity contribution in [3.05, 3.63) is 74.5 Å². The number of pyridine rings is 2. The number of rotatable bonds is 7. The molecule has 0 spiro atoms. The molecule has 1 amide bonds. The van der Waals surface area contributed by atoms with E-state index in [1.165, 1.54) is 38.6 Å². The van der Waals surface area contributed by atoms with Gasteiger partial charge < -0.3 is 24.7 Å². The van der Waals surface area contributed by atoms with E-state index >= 15 is 8.78 Å². The lowest BCUT2D eigenvalue weighted by Crippen LogP contribution is -2.61. The molecule has 0 bridgehead atoms. The summed E-state index contributed by atoms with van der Waals surface area (Å²) in [6.07, 6.45) is 1.16. The van der Waals surface area contributed by atoms with E-state index in [1.54, 1.807) is 13.8 Å². The summed E-state index contributed by atoms with van der Waals surface area (Å²) in [5.74, 6) is -4.31. The summed E-state index contributed by atoms with van der Waals surface area (Å²) in [5, 5.41) is 32.0. The van der Waals surface area contributed by atoms with Crippen molar-refractivity contribution in [2.24, 2.45) is 0 Å². The maximum Gasteiger partial charge on any atom is 0.407 e. The van der Waals surface area contributed by atoms with Crippen LogP contribution in [0, 0.1) is 21.7 Å². The van der Waals surface area contributed by atoms with Gasteiger partial charge in [-0.15, -0.1) is 0 Å². The van der Waals surface area contributed by atoms with Gasteiger partial charge in [-0.3, -0.25) is 19.9 Å². The minimum Gasteiger partial charge on any atom is -0.496 e. The highest BCUT2D eigenvalue weighted by Gasteiger charge is 2.43. The number of piperazine rings is 1. The van der Waals surface area contributed by atoms with Crippen LogP contribution in [0.5, 0.6) is 5.75 Å². The second-order valence-electron chi connectivity index (χ2n) is 10.8. The van der Waals surface area contributed by atoms with Crippen LogP contribution in [-0.4, -0.2) is 83.9 Å². The zero-order valence-corrected chi connectivity index (χ0v) is 24.8. The van der Waals surface area contributed by atoms with Gasteiger partial charge in [0.2, 0.25) is 0 Å². The number of carboxylic acid groups (broad SMARTS) is 2. The second kappa shape index (κ2) is 12.0. The first-order valence-corrected chi connectivity index (χ1v) is 13.8. The maximum atomic E-state index is 16.1. The van der Waals surface area contributed by atoms with E-state index in [9.17, 15) is 34.7 Å². The van der Waals surface area contributed by atoms with Crippen molar-refractivity contribution in [1.29, 1.82) is 0 Å². The molecule has 0 saturated carbocycles. The van der Waals surface area contributed by atoms with E-state index < -0.39 is 87.6 Å². The van der Waals surface area contributed by atoms with Crippen LogP contribution in [0.4, 0.5) is 25.0 Å². The molecule has 4 aromatic rings. The van der Waals surface area contributed by atoms with Gasteiger partial charge in [-0.1, -0.05) is 19.9 Å². The average molecular weight is 640 g/mol. The van der Waals surface area contributed by atoms with Gasteiger partial charge in [-0.25, -0.2) is 32.9 Å². The van der Waals surface area contributed by atoms with Gasteiger partial charge in [0, 0.05) is 25.0 Å². The van der Waals surface area contributed by atoms with Crippen molar-refractivity contribution in [2.75, 3.05) is 25.1 Å². The number of amides is 1. The fourth-order valence-corrected chi connectivity index (χ4v) is 5.61. The molecule has 2 atom stereocenters. The Bertz CT molecular complexity index is 1970. The third-order valence-corrected chi connectivity index (χ3v) is 7.69. The molecule has 1 aromatic carbocycles. The molecule has 0 aliphatic carbocycles. The molecular formula is C29H27F2N7O8. The minimum absolute atomic E-state index is 0.103. The van der Waals surface area contributed by atoms with Crippen LogP contribution in [0.3, 0.4) is 0 Å². The quantitative estimate of drug-likeness (QED) is 0.220. The molecule has 3 aromatic heterocycles. The molecule has 46 heavy (non-hydrogen) atoms. The normalized spacial score (nSPS) is 16.6. The number of benzene rings is 1. The van der Waals surface area contributed by atoms with Crippen LogP contribution in [0.2, 0.25) is 0 Å². The number of hydrogen-bond acceptors (Lipinski definition) is 10. The summed E-state index contributed by atoms with van der Waals surface area (Å²) in [6.45, 7) is 3.86. The second-order valence-corrected chi connectivity index (χ2v) is 10.8. The molecule has 1 aliphatic rings. The Morgan fingerprint density at radius 1 is 1.13 bits per heavy atom. The third kappa shape index (κ3) is 5.18. The number of carbonyl (C=O) groups is 2. The Morgan fingerprint density at radius 2 is 1.83 bits per heavy atom. The third-order valence-electron chi connectivity index (χ3n) is 7.69. The number of hydrogen-bond donors (Lipinski definition) is 2. The number of anilines is 1. The first-order valence-electron chi connectivity index (χ1n) is 13.8. The summed E-state index contributed by atoms with van der Waals surface area (Å²) < 4.78 is 37.3. The lowest BCUT2D eigenvalue weighted by atomic mass is 10.0. The van der Waals surface area contributed by atoms with Crippen LogP contribution in [-0.2, 0) is 4.79 Å². The maximum absolute atomic E-state index is 16.1. The summed E-state index contributed by atoms with van der Waals surface area (Å²) in [4.78, 5) is 64.9. The Hall–Kier alpha value is -5.74. The van der Waals surface area contributed by atoms with Crippen molar-refractivity contribution < 1.29 is 38.2 Å². The van der Waals surface area contributed by atoms with E-state index in [4.69, 9.17) is 4.74 Å². The number of halogens is 2. The molecule has 2 N–H and O–H groups in total. The molecule has 15 nitrogen and oxygen atoms in total. The number of nitro groups is 1. The predicted molar refractivity (Wildman–Crippen MR) is 159 cm³/mol. The molecule has 17 heteroatoms. The average Bonchev–Trinajstić information content (AvgIpc) is 2.99. The first-order chi connectivity index (χ1) is 21.8. The number of aromatic nitrogens is 4. The topological polar surface area (TPSA) is 194 Å². The van der Waals surface area contributed by atoms with Gasteiger partial charge in [0.15, 0.2) is 17.3 Å². The molecule has 0 unspecified atom stereocenters. The molecule has 5 rings (SSSR count). The van der Waals surface area contributed by atoms with Gasteiger partial charge in [0.25, 0.3) is 0 Å². The molecular weight excluding hydrogens is 612 g/mol. The van der Waals surface area contributed by atoms with E-state index in [2.05, 4.69) is 15.0 Å². The van der Waals surface area contributed by atoms with Crippen LogP contribution in [0.25, 0.3) is 28.1 Å². The summed E-state index contributed by atoms with van der Waals surface area (Å²) in [7, 11) is 1.23. The highest BCUT2D eigenvalue weighted by molar-refractivity contribution is 5.99. The van der Waals surface area contributed by atoms with Gasteiger partial charge >= 0.3 is 23.3 Å². The van der Waals surface area contributed by atoms with Crippen molar-refractivity contribution in [2.45, 2.75) is 38.8 Å². The molecule has 1 fully saturated rings. The number of carboxylic acids is 1. The Kier molecular flexibility index (Phi) is 8.25. The Labute approximate surface area is 258 Å². The molecule has 0 radical (unpaired) electrons. The zero-order chi connectivity index (χ0) is 33.6. The fraction of sp³-hybridized carbons (Fsp3) is 0.310. The minimum atomic E-state index is -1.72. The first kappa shape index (κ1) is 31.7. The lowest BCUT2D eigenvalue weighted by molar-refractivity contribution is -0.385. The number of ether oxygens (including phenoxy) is 1. The number of aliphatic carboxylic acids is 1. The van der Waals surface area contributed by atoms with Crippen molar-refractivity contribution in [1.82, 2.24) is 24.4 Å². The fourth-order valence-electron chi connectivity index (χ4n) is 5.61. The summed E-state index contributed by atoms with van der Waals surface area (Å²) >= 11 is 0. The van der Waals surface area contributed by atoms with Crippen molar-refractivity contribution in [3.63, 3.8) is 0 Å². The van der Waals surface area contributed by atoms with E-state index in [0.29, 0.717) is 0 Å². The van der Waals surface area contributed by atoms with Crippen LogP contribution >= 0.6 is 0 Å². The van der Waals surface area contributed by atoms with E-state index in [1.807, 2.05) is 0 Å². The lowest BCUT2D eigenvalue weighted by Gasteiger charge is -2.43. The zero-order valence-electron chi connectivity index (χ0n) is 24.8. The number of methoxy groups -OCH3 is 1. The van der Waals surface area contributed by atoms with Gasteiger partial charge in [-0.2, -0.15) is 0 Å². The van der Waals surface area contributed by atoms with E-state index in [0.717, 1.165) is 26.5 Å². The summed E-state index contributed by atoms with van der Waals surface area (Å²) in [6, 6.07) is 1.89. The van der Waals surface area contributed by atoms with Crippen LogP contribution in [0.15, 0.2) is 41.5 Å². The van der Waals surface area contributed by atoms with Gasteiger partial charge in [0.05, 0.1) is 35.2 Å². The highest BCUT2D eigenvalue weighted by atomic mass is 19.1. The predicted octanol–water partition coefficient (Wildman–Crippen LogP) is 3.80. The van der Waals surface area contributed by atoms with Crippen molar-refractivity contribution >= 4 is 34.5 Å². The molecule has 4 heterocycles. The number of nitrogens with zero attached hydrogens (tertiary/aromatic N) is 7. The monoisotopic (exact) mass is 639 g/mol. The largest absolute Gasteiger partial charge is 0.496 e. The Morgan fingerprint density at radius 3 is 2.43 bits per heavy atom.